The first-order valence-electron chi connectivity index (χ1n) is 10.1. The summed E-state index contributed by atoms with van der Waals surface area (Å²) in [6.45, 7) is 1.32. The molecule has 0 atom stereocenters. The minimum atomic E-state index is -3.75. The summed E-state index contributed by atoms with van der Waals surface area (Å²) in [7, 11) is -1.03. The Bertz CT molecular complexity index is 1050. The van der Waals surface area contributed by atoms with Crippen LogP contribution in [-0.4, -0.2) is 67.8 Å². The van der Waals surface area contributed by atoms with Gasteiger partial charge in [-0.1, -0.05) is 13.0 Å². The fraction of sp³-hybridized carbons (Fsp3) is 0.500. The summed E-state index contributed by atoms with van der Waals surface area (Å²) in [5.41, 5.74) is 1.10. The van der Waals surface area contributed by atoms with Gasteiger partial charge in [0.25, 0.3) is 11.8 Å². The lowest BCUT2D eigenvalue weighted by Crippen LogP contribution is -2.52. The molecule has 1 aliphatic heterocycles. The number of nitrogens with one attached hydrogen (secondary N) is 2. The number of imide groups is 1. The third kappa shape index (κ3) is 4.60. The topological polar surface area (TPSA) is 142 Å². The molecule has 2 aliphatic rings. The van der Waals surface area contributed by atoms with Crippen LogP contribution in [0.25, 0.3) is 0 Å². The summed E-state index contributed by atoms with van der Waals surface area (Å²) in [4.78, 5) is 49.3. The molecule has 1 heterocycles. The predicted octanol–water partition coefficient (Wildman–Crippen LogP) is 0.626. The standard InChI is InChI=1S/C20H26N4O7S/c1-13-7-9-20(10-8-13)18(27)24(19(28)21-20)22-16(25)12-31-17(26)14-5-4-6-15(11-14)32(29,30)23(2)3/h4-6,11,13H,7-10,12H2,1-3H3,(H,21,28)(H,22,25). The number of carbonyl (C=O) groups excluding carboxylic acids is 4. The number of hydrogen-bond donors (Lipinski definition) is 2. The maximum absolute atomic E-state index is 12.7. The van der Waals surface area contributed by atoms with Gasteiger partial charge in [0.1, 0.15) is 5.54 Å². The third-order valence-electron chi connectivity index (χ3n) is 5.71. The summed E-state index contributed by atoms with van der Waals surface area (Å²) >= 11 is 0. The van der Waals surface area contributed by atoms with Crippen molar-refractivity contribution in [2.75, 3.05) is 20.7 Å². The molecule has 11 nitrogen and oxygen atoms in total. The molecule has 1 saturated carbocycles. The monoisotopic (exact) mass is 466 g/mol. The Balaban J connectivity index is 1.59. The zero-order chi connectivity index (χ0) is 23.7. The summed E-state index contributed by atoms with van der Waals surface area (Å²) in [6.07, 6.45) is 2.56. The van der Waals surface area contributed by atoms with Crippen LogP contribution in [0.2, 0.25) is 0 Å². The molecular weight excluding hydrogens is 440 g/mol. The normalized spacial score (nSPS) is 23.4. The van der Waals surface area contributed by atoms with Crippen LogP contribution in [0.4, 0.5) is 4.79 Å². The molecule has 1 spiro atoms. The van der Waals surface area contributed by atoms with E-state index in [1.165, 1.54) is 32.3 Å². The SMILES string of the molecule is CC1CCC2(CC1)NC(=O)N(NC(=O)COC(=O)c1cccc(S(=O)(=O)N(C)C)c1)C2=O. The zero-order valence-electron chi connectivity index (χ0n) is 18.1. The number of hydrogen-bond acceptors (Lipinski definition) is 7. The van der Waals surface area contributed by atoms with Crippen LogP contribution in [0.1, 0.15) is 43.0 Å². The summed E-state index contributed by atoms with van der Waals surface area (Å²) in [5.74, 6) is -1.87. The van der Waals surface area contributed by atoms with Gasteiger partial charge in [0.05, 0.1) is 10.5 Å². The molecule has 0 radical (unpaired) electrons. The molecule has 2 fully saturated rings. The van der Waals surface area contributed by atoms with Crippen molar-refractivity contribution in [3.63, 3.8) is 0 Å². The lowest BCUT2D eigenvalue weighted by atomic mass is 9.77. The highest BCUT2D eigenvalue weighted by Crippen LogP contribution is 2.35. The summed E-state index contributed by atoms with van der Waals surface area (Å²) in [5, 5.41) is 3.29. The molecule has 0 unspecified atom stereocenters. The molecule has 2 N–H and O–H groups in total. The molecule has 4 amide bonds. The van der Waals surface area contributed by atoms with Gasteiger partial charge in [-0.2, -0.15) is 5.01 Å². The average molecular weight is 467 g/mol. The van der Waals surface area contributed by atoms with Crippen LogP contribution < -0.4 is 10.7 Å². The van der Waals surface area contributed by atoms with Crippen LogP contribution in [0.15, 0.2) is 29.2 Å². The van der Waals surface area contributed by atoms with Gasteiger partial charge in [-0.05, 0) is 49.8 Å². The highest BCUT2D eigenvalue weighted by Gasteiger charge is 2.52. The van der Waals surface area contributed by atoms with Gasteiger partial charge >= 0.3 is 12.0 Å². The third-order valence-corrected chi connectivity index (χ3v) is 7.52. The zero-order valence-corrected chi connectivity index (χ0v) is 18.9. The summed E-state index contributed by atoms with van der Waals surface area (Å²) in [6, 6.07) is 4.47. The number of esters is 1. The van der Waals surface area contributed by atoms with Crippen molar-refractivity contribution in [3.8, 4) is 0 Å². The van der Waals surface area contributed by atoms with Gasteiger partial charge < -0.3 is 10.1 Å². The fourth-order valence-corrected chi connectivity index (χ4v) is 4.63. The van der Waals surface area contributed by atoms with Gasteiger partial charge in [-0.25, -0.2) is 22.3 Å². The predicted molar refractivity (Wildman–Crippen MR) is 111 cm³/mol. The molecule has 3 rings (SSSR count). The van der Waals surface area contributed by atoms with Crippen molar-refractivity contribution in [1.82, 2.24) is 20.1 Å². The van der Waals surface area contributed by atoms with E-state index >= 15 is 0 Å². The number of hydrazine groups is 1. The Hall–Kier alpha value is -2.99. The molecule has 1 aromatic carbocycles. The maximum Gasteiger partial charge on any atom is 0.344 e. The number of ether oxygens (including phenoxy) is 1. The molecule has 0 bridgehead atoms. The quantitative estimate of drug-likeness (QED) is 0.462. The van der Waals surface area contributed by atoms with E-state index in [4.69, 9.17) is 4.74 Å². The van der Waals surface area contributed by atoms with Crippen LogP contribution in [0.3, 0.4) is 0 Å². The van der Waals surface area contributed by atoms with E-state index in [0.29, 0.717) is 23.8 Å². The molecule has 1 aromatic rings. The van der Waals surface area contributed by atoms with E-state index in [1.54, 1.807) is 0 Å². The minimum Gasteiger partial charge on any atom is -0.452 e. The van der Waals surface area contributed by atoms with Crippen molar-refractivity contribution in [1.29, 1.82) is 0 Å². The van der Waals surface area contributed by atoms with E-state index < -0.39 is 46.0 Å². The Labute approximate surface area is 186 Å². The van der Waals surface area contributed by atoms with Gasteiger partial charge in [0.2, 0.25) is 10.0 Å². The Morgan fingerprint density at radius 3 is 2.53 bits per heavy atom. The first-order valence-corrected chi connectivity index (χ1v) is 11.6. The van der Waals surface area contributed by atoms with Crippen molar-refractivity contribution >= 4 is 33.8 Å². The second kappa shape index (κ2) is 8.87. The van der Waals surface area contributed by atoms with Crippen LogP contribution in [-0.2, 0) is 24.3 Å². The second-order valence-electron chi connectivity index (χ2n) is 8.26. The Morgan fingerprint density at radius 2 is 1.91 bits per heavy atom. The number of carbonyl (C=O) groups is 4. The highest BCUT2D eigenvalue weighted by atomic mass is 32.2. The Morgan fingerprint density at radius 1 is 1.25 bits per heavy atom. The molecule has 1 aliphatic carbocycles. The van der Waals surface area contributed by atoms with E-state index in [1.807, 2.05) is 0 Å². The molecule has 174 valence electrons. The molecule has 32 heavy (non-hydrogen) atoms. The number of nitrogens with zero attached hydrogens (tertiary/aromatic N) is 2. The molecule has 12 heteroatoms. The van der Waals surface area contributed by atoms with Crippen molar-refractivity contribution in [3.05, 3.63) is 29.8 Å². The lowest BCUT2D eigenvalue weighted by molar-refractivity contribution is -0.141. The number of rotatable bonds is 6. The van der Waals surface area contributed by atoms with Gasteiger partial charge in [0, 0.05) is 14.1 Å². The van der Waals surface area contributed by atoms with Crippen molar-refractivity contribution < 1.29 is 32.3 Å². The Kier molecular flexibility index (Phi) is 6.56. The smallest absolute Gasteiger partial charge is 0.344 e. The fourth-order valence-electron chi connectivity index (χ4n) is 3.68. The second-order valence-corrected chi connectivity index (χ2v) is 10.4. The number of benzene rings is 1. The maximum atomic E-state index is 12.7. The largest absolute Gasteiger partial charge is 0.452 e. The molecule has 1 saturated heterocycles. The number of urea groups is 1. The van der Waals surface area contributed by atoms with Crippen molar-refractivity contribution in [2.45, 2.75) is 43.0 Å². The van der Waals surface area contributed by atoms with Gasteiger partial charge in [-0.3, -0.25) is 15.0 Å². The van der Waals surface area contributed by atoms with Crippen molar-refractivity contribution in [2.24, 2.45) is 5.92 Å². The lowest BCUT2D eigenvalue weighted by Gasteiger charge is -2.33. The van der Waals surface area contributed by atoms with Gasteiger partial charge in [-0.15, -0.1) is 0 Å². The molecular formula is C20H26N4O7S. The first-order chi connectivity index (χ1) is 15.0. The number of amides is 4. The van der Waals surface area contributed by atoms with Gasteiger partial charge in [0.15, 0.2) is 6.61 Å². The first kappa shape index (κ1) is 23.7. The number of sulfonamides is 1. The van der Waals surface area contributed by atoms with Crippen LogP contribution in [0.5, 0.6) is 0 Å². The van der Waals surface area contributed by atoms with E-state index in [-0.39, 0.29) is 10.5 Å². The van der Waals surface area contributed by atoms with E-state index in [9.17, 15) is 27.6 Å². The molecule has 0 aromatic heterocycles. The van der Waals surface area contributed by atoms with Crippen LogP contribution in [0, 0.1) is 5.92 Å². The minimum absolute atomic E-state index is 0.0639. The van der Waals surface area contributed by atoms with E-state index in [0.717, 1.165) is 23.2 Å². The van der Waals surface area contributed by atoms with Crippen LogP contribution >= 0.6 is 0 Å². The highest BCUT2D eigenvalue weighted by molar-refractivity contribution is 7.89. The summed E-state index contributed by atoms with van der Waals surface area (Å²) < 4.78 is 30.3. The van der Waals surface area contributed by atoms with E-state index in [2.05, 4.69) is 17.7 Å². The average Bonchev–Trinajstić information content (AvgIpc) is 2.98.